The molecule has 1 aromatic carbocycles. The van der Waals surface area contributed by atoms with Crippen molar-refractivity contribution < 1.29 is 23.1 Å². The summed E-state index contributed by atoms with van der Waals surface area (Å²) in [5.74, 6) is -0.406. The van der Waals surface area contributed by atoms with Crippen molar-refractivity contribution in [2.45, 2.75) is 76.2 Å². The van der Waals surface area contributed by atoms with E-state index in [9.17, 15) is 18.3 Å². The molecule has 9 heteroatoms. The van der Waals surface area contributed by atoms with E-state index in [1.807, 2.05) is 30.5 Å². The number of nitrogens with one attached hydrogen (secondary N) is 1. The van der Waals surface area contributed by atoms with Crippen molar-refractivity contribution in [3.8, 4) is 5.69 Å². The van der Waals surface area contributed by atoms with E-state index in [1.165, 1.54) is 0 Å². The average Bonchev–Trinajstić information content (AvgIpc) is 3.27. The van der Waals surface area contributed by atoms with Crippen molar-refractivity contribution in [1.29, 1.82) is 0 Å². The number of hydrogen-bond acceptors (Lipinski definition) is 6. The van der Waals surface area contributed by atoms with Crippen LogP contribution in [0.15, 0.2) is 23.1 Å². The van der Waals surface area contributed by atoms with E-state index in [4.69, 9.17) is 10.5 Å². The Morgan fingerprint density at radius 1 is 1.18 bits per heavy atom. The molecular weight excluding hydrogens is 442 g/mol. The predicted octanol–water partition coefficient (Wildman–Crippen LogP) is 2.68. The number of benzene rings is 1. The normalized spacial score (nSPS) is 25.3. The summed E-state index contributed by atoms with van der Waals surface area (Å²) in [6.45, 7) is 4.60. The number of sulfone groups is 1. The summed E-state index contributed by atoms with van der Waals surface area (Å²) in [7, 11) is -3.44. The zero-order chi connectivity index (χ0) is 23.5. The average molecular weight is 474 g/mol. The quantitative estimate of drug-likeness (QED) is 0.627. The Balaban J connectivity index is 1.63. The highest BCUT2D eigenvalue weighted by molar-refractivity contribution is 7.91. The van der Waals surface area contributed by atoms with E-state index in [0.29, 0.717) is 48.6 Å². The van der Waals surface area contributed by atoms with Gasteiger partial charge in [-0.1, -0.05) is 13.8 Å². The monoisotopic (exact) mass is 473 g/mol. The van der Waals surface area contributed by atoms with E-state index in [2.05, 4.69) is 5.32 Å². The number of hydrogen-bond donors (Lipinski definition) is 3. The Hall–Kier alpha value is -2.36. The number of aliphatic hydroxyl groups is 1. The second kappa shape index (κ2) is 7.85. The minimum Gasteiger partial charge on any atom is -0.393 e. The zero-order valence-corrected chi connectivity index (χ0v) is 19.9. The summed E-state index contributed by atoms with van der Waals surface area (Å²) >= 11 is 0. The smallest absolute Gasteiger partial charge is 0.250 e. The number of nitrogens with zero attached hydrogens (tertiary/aromatic N) is 1. The van der Waals surface area contributed by atoms with E-state index in [1.54, 1.807) is 6.07 Å². The number of ether oxygens (including phenoxy) is 1. The van der Waals surface area contributed by atoms with Crippen LogP contribution in [0, 0.1) is 5.41 Å². The molecule has 33 heavy (non-hydrogen) atoms. The molecule has 8 nitrogen and oxygen atoms in total. The van der Waals surface area contributed by atoms with E-state index in [-0.39, 0.29) is 23.3 Å². The first-order valence-electron chi connectivity index (χ1n) is 11.5. The molecule has 0 atom stereocenters. The maximum absolute atomic E-state index is 13.2. The topological polar surface area (TPSA) is 124 Å². The number of primary amides is 1. The standard InChI is InChI=1S/C24H31N3O5S/c1-24(2)10-20-22(33(30,31)13-24)18-11-32-12-21(18)27(20)15-5-8-17(23(25)29)19(9-15)26-14-3-6-16(28)7-4-14/h5,8-9,14,16,26,28H,3-4,6-7,10-13H2,1-2H3,(H2,25,29). The second-order valence-corrected chi connectivity index (χ2v) is 12.3. The number of carbonyl (C=O) groups excluding carboxylic acids is 1. The van der Waals surface area contributed by atoms with Gasteiger partial charge in [0, 0.05) is 28.7 Å². The lowest BCUT2D eigenvalue weighted by molar-refractivity contribution is 0.100. The van der Waals surface area contributed by atoms with Crippen molar-refractivity contribution in [2.24, 2.45) is 11.1 Å². The first kappa shape index (κ1) is 22.4. The Labute approximate surface area is 194 Å². The van der Waals surface area contributed by atoms with Crippen LogP contribution in [-0.2, 0) is 34.2 Å². The third-order valence-corrected chi connectivity index (χ3v) is 9.30. The van der Waals surface area contributed by atoms with Crippen LogP contribution in [0.1, 0.15) is 66.8 Å². The van der Waals surface area contributed by atoms with Gasteiger partial charge >= 0.3 is 0 Å². The molecule has 1 aliphatic carbocycles. The number of rotatable bonds is 4. The summed E-state index contributed by atoms with van der Waals surface area (Å²) in [5, 5.41) is 13.3. The molecular formula is C24H31N3O5S. The van der Waals surface area contributed by atoms with Crippen LogP contribution in [-0.4, -0.2) is 41.9 Å². The Bertz CT molecular complexity index is 1220. The van der Waals surface area contributed by atoms with Crippen molar-refractivity contribution in [2.75, 3.05) is 11.1 Å². The fourth-order valence-electron chi connectivity index (χ4n) is 5.63. The highest BCUT2D eigenvalue weighted by Crippen LogP contribution is 2.44. The minimum absolute atomic E-state index is 0.115. The highest BCUT2D eigenvalue weighted by atomic mass is 32.2. The first-order chi connectivity index (χ1) is 15.6. The third-order valence-electron chi connectivity index (χ3n) is 7.03. The molecule has 1 amide bonds. The van der Waals surface area contributed by atoms with Crippen molar-refractivity contribution >= 4 is 21.4 Å². The van der Waals surface area contributed by atoms with Gasteiger partial charge in [0.25, 0.3) is 5.91 Å². The summed E-state index contributed by atoms with van der Waals surface area (Å²) in [6, 6.07) is 5.55. The molecule has 2 aromatic rings. The Morgan fingerprint density at radius 3 is 2.61 bits per heavy atom. The van der Waals surface area contributed by atoms with Crippen LogP contribution in [0.5, 0.6) is 0 Å². The molecule has 0 spiro atoms. The van der Waals surface area contributed by atoms with Crippen molar-refractivity contribution in [3.63, 3.8) is 0 Å². The molecule has 0 unspecified atom stereocenters. The van der Waals surface area contributed by atoms with Gasteiger partial charge in [0.2, 0.25) is 0 Å². The molecule has 2 aliphatic heterocycles. The van der Waals surface area contributed by atoms with Crippen LogP contribution < -0.4 is 11.1 Å². The SMILES string of the molecule is CC1(C)Cc2c(c3c(n2-c2ccc(C(N)=O)c(NC4CCC(O)CC4)c2)COC3)S(=O)(=O)C1. The van der Waals surface area contributed by atoms with Crippen molar-refractivity contribution in [3.05, 3.63) is 40.7 Å². The van der Waals surface area contributed by atoms with Gasteiger partial charge in [0.05, 0.1) is 41.2 Å². The summed E-state index contributed by atoms with van der Waals surface area (Å²) in [6.07, 6.45) is 3.40. The number of fused-ring (bicyclic) bond motifs is 3. The lowest BCUT2D eigenvalue weighted by Gasteiger charge is -2.31. The molecule has 3 heterocycles. The molecule has 5 rings (SSSR count). The highest BCUT2D eigenvalue weighted by Gasteiger charge is 2.43. The van der Waals surface area contributed by atoms with E-state index < -0.39 is 15.7 Å². The number of carbonyl (C=O) groups is 1. The van der Waals surface area contributed by atoms with Crippen LogP contribution in [0.25, 0.3) is 5.69 Å². The van der Waals surface area contributed by atoms with Gasteiger partial charge in [-0.15, -0.1) is 0 Å². The summed E-state index contributed by atoms with van der Waals surface area (Å²) in [5.41, 5.74) is 9.50. The van der Waals surface area contributed by atoms with Crippen LogP contribution >= 0.6 is 0 Å². The fourth-order valence-corrected chi connectivity index (χ4v) is 7.98. The zero-order valence-electron chi connectivity index (χ0n) is 19.1. The predicted molar refractivity (Wildman–Crippen MR) is 124 cm³/mol. The number of amides is 1. The first-order valence-corrected chi connectivity index (χ1v) is 13.2. The third kappa shape index (κ3) is 3.96. The van der Waals surface area contributed by atoms with Crippen LogP contribution in [0.4, 0.5) is 5.69 Å². The molecule has 1 aromatic heterocycles. The summed E-state index contributed by atoms with van der Waals surface area (Å²) in [4.78, 5) is 12.6. The van der Waals surface area contributed by atoms with Gasteiger partial charge in [-0.3, -0.25) is 4.79 Å². The van der Waals surface area contributed by atoms with Gasteiger partial charge in [0.1, 0.15) is 0 Å². The largest absolute Gasteiger partial charge is 0.393 e. The summed E-state index contributed by atoms with van der Waals surface area (Å²) < 4.78 is 34.1. The maximum Gasteiger partial charge on any atom is 0.250 e. The molecule has 1 fully saturated rings. The molecule has 3 aliphatic rings. The molecule has 4 N–H and O–H groups in total. The number of anilines is 1. The lowest BCUT2D eigenvalue weighted by atomic mass is 9.89. The molecule has 0 radical (unpaired) electrons. The number of aliphatic hydroxyl groups excluding tert-OH is 1. The second-order valence-electron chi connectivity index (χ2n) is 10.4. The lowest BCUT2D eigenvalue weighted by Crippen LogP contribution is -2.33. The molecule has 0 bridgehead atoms. The molecule has 178 valence electrons. The van der Waals surface area contributed by atoms with Gasteiger partial charge in [-0.25, -0.2) is 8.42 Å². The van der Waals surface area contributed by atoms with E-state index >= 15 is 0 Å². The van der Waals surface area contributed by atoms with Gasteiger partial charge < -0.3 is 25.5 Å². The van der Waals surface area contributed by atoms with Gasteiger partial charge in [-0.05, 0) is 55.7 Å². The fraction of sp³-hybridized carbons (Fsp3) is 0.542. The molecule has 0 saturated heterocycles. The van der Waals surface area contributed by atoms with E-state index in [0.717, 1.165) is 35.5 Å². The van der Waals surface area contributed by atoms with Gasteiger partial charge in [-0.2, -0.15) is 0 Å². The molecule has 1 saturated carbocycles. The van der Waals surface area contributed by atoms with Crippen molar-refractivity contribution in [1.82, 2.24) is 4.57 Å². The Morgan fingerprint density at radius 2 is 1.91 bits per heavy atom. The number of aromatic nitrogens is 1. The van der Waals surface area contributed by atoms with Gasteiger partial charge in [0.15, 0.2) is 9.84 Å². The number of nitrogens with two attached hydrogens (primary N) is 1. The Kier molecular flexibility index (Phi) is 5.34. The maximum atomic E-state index is 13.2. The van der Waals surface area contributed by atoms with Crippen LogP contribution in [0.2, 0.25) is 0 Å². The van der Waals surface area contributed by atoms with Crippen LogP contribution in [0.3, 0.4) is 0 Å². The minimum atomic E-state index is -3.44.